The largest absolute Gasteiger partial charge is 0.469 e. The Morgan fingerprint density at radius 1 is 1.24 bits per heavy atom. The Morgan fingerprint density at radius 3 is 2.52 bits per heavy atom. The van der Waals surface area contributed by atoms with Crippen LogP contribution in [0.4, 0.5) is 0 Å². The number of hydrogen-bond acceptors (Lipinski definition) is 4. The van der Waals surface area contributed by atoms with Gasteiger partial charge >= 0.3 is 5.97 Å². The molecular weight excluding hydrogens is 316 g/mol. The fraction of sp³-hybridized carbons (Fsp3) is 0.667. The average molecular weight is 344 g/mol. The number of allylic oxidation sites excluding steroid dienone is 4. The molecule has 0 spiro atoms. The van der Waals surface area contributed by atoms with E-state index in [1.807, 2.05) is 6.92 Å². The van der Waals surface area contributed by atoms with Crippen LogP contribution < -0.4 is 0 Å². The smallest absolute Gasteiger partial charge is 0.311 e. The molecule has 25 heavy (non-hydrogen) atoms. The number of carbonyl (C=O) groups is 3. The summed E-state index contributed by atoms with van der Waals surface area (Å²) >= 11 is 0. The van der Waals surface area contributed by atoms with Crippen molar-refractivity contribution in [1.82, 2.24) is 0 Å². The third-order valence-corrected chi connectivity index (χ3v) is 6.85. The maximum Gasteiger partial charge on any atom is 0.311 e. The van der Waals surface area contributed by atoms with Gasteiger partial charge in [0.05, 0.1) is 12.5 Å². The van der Waals surface area contributed by atoms with Gasteiger partial charge in [0.2, 0.25) is 11.6 Å². The van der Waals surface area contributed by atoms with Gasteiger partial charge < -0.3 is 4.74 Å². The summed E-state index contributed by atoms with van der Waals surface area (Å²) in [5, 5.41) is 0. The molecule has 3 rings (SSSR count). The van der Waals surface area contributed by atoms with E-state index in [0.717, 1.165) is 43.3 Å². The van der Waals surface area contributed by atoms with E-state index in [9.17, 15) is 14.4 Å². The zero-order valence-corrected chi connectivity index (χ0v) is 15.9. The number of rotatable bonds is 2. The van der Waals surface area contributed by atoms with E-state index < -0.39 is 16.6 Å². The maximum atomic E-state index is 12.9. The molecule has 0 unspecified atom stereocenters. The molecule has 0 N–H and O–H groups in total. The summed E-state index contributed by atoms with van der Waals surface area (Å²) in [6, 6.07) is 0. The summed E-state index contributed by atoms with van der Waals surface area (Å²) in [5.41, 5.74) is 1.73. The van der Waals surface area contributed by atoms with Crippen LogP contribution in [0.3, 0.4) is 0 Å². The highest BCUT2D eigenvalue weighted by Gasteiger charge is 2.58. The topological polar surface area (TPSA) is 60.4 Å². The minimum atomic E-state index is -0.594. The van der Waals surface area contributed by atoms with E-state index in [1.165, 1.54) is 13.2 Å². The molecule has 0 aromatic carbocycles. The zero-order valence-electron chi connectivity index (χ0n) is 15.9. The van der Waals surface area contributed by atoms with Crippen LogP contribution in [0.25, 0.3) is 0 Å². The van der Waals surface area contributed by atoms with Crippen molar-refractivity contribution in [1.29, 1.82) is 0 Å². The Labute approximate surface area is 149 Å². The lowest BCUT2D eigenvalue weighted by Gasteiger charge is -2.54. The lowest BCUT2D eigenvalue weighted by molar-refractivity contribution is -0.163. The second-order valence-electron chi connectivity index (χ2n) is 8.57. The first-order valence-electron chi connectivity index (χ1n) is 9.29. The van der Waals surface area contributed by atoms with Crippen molar-refractivity contribution in [3.8, 4) is 0 Å². The van der Waals surface area contributed by atoms with Gasteiger partial charge in [0.1, 0.15) is 0 Å². The molecule has 3 aliphatic rings. The Hall–Kier alpha value is -1.71. The van der Waals surface area contributed by atoms with E-state index in [4.69, 9.17) is 4.74 Å². The van der Waals surface area contributed by atoms with E-state index in [2.05, 4.69) is 20.8 Å². The van der Waals surface area contributed by atoms with Gasteiger partial charge in [0.25, 0.3) is 0 Å². The van der Waals surface area contributed by atoms with Crippen LogP contribution in [0.1, 0.15) is 59.8 Å². The maximum absolute atomic E-state index is 12.9. The molecule has 0 aliphatic heterocycles. The molecule has 3 atom stereocenters. The predicted octanol–water partition coefficient (Wildman–Crippen LogP) is 3.80. The highest BCUT2D eigenvalue weighted by atomic mass is 16.5. The first-order valence-corrected chi connectivity index (χ1v) is 9.29. The van der Waals surface area contributed by atoms with E-state index in [-0.39, 0.29) is 23.6 Å². The van der Waals surface area contributed by atoms with Crippen molar-refractivity contribution in [2.45, 2.75) is 59.8 Å². The summed E-state index contributed by atoms with van der Waals surface area (Å²) in [6.45, 7) is 8.18. The molecule has 4 nitrogen and oxygen atoms in total. The summed E-state index contributed by atoms with van der Waals surface area (Å²) in [7, 11) is 1.43. The van der Waals surface area contributed by atoms with Crippen molar-refractivity contribution in [3.05, 3.63) is 22.8 Å². The van der Waals surface area contributed by atoms with Crippen LogP contribution in [0.2, 0.25) is 0 Å². The molecule has 0 saturated heterocycles. The Morgan fingerprint density at radius 2 is 1.92 bits per heavy atom. The molecule has 3 aliphatic carbocycles. The van der Waals surface area contributed by atoms with E-state index in [1.54, 1.807) is 0 Å². The molecule has 0 aromatic rings. The third kappa shape index (κ3) is 2.44. The second kappa shape index (κ2) is 5.93. The Balaban J connectivity index is 2.17. The molecule has 0 bridgehead atoms. The molecular formula is C21H28O4. The van der Waals surface area contributed by atoms with Gasteiger partial charge in [-0.2, -0.15) is 0 Å². The van der Waals surface area contributed by atoms with Crippen LogP contribution in [-0.4, -0.2) is 24.6 Å². The van der Waals surface area contributed by atoms with Crippen molar-refractivity contribution in [2.75, 3.05) is 7.11 Å². The molecule has 0 heterocycles. The number of methoxy groups -OCH3 is 1. The number of ketones is 2. The summed E-state index contributed by atoms with van der Waals surface area (Å²) in [6.07, 6.45) is 5.62. The normalized spacial score (nSPS) is 35.3. The molecule has 1 saturated carbocycles. The summed E-state index contributed by atoms with van der Waals surface area (Å²) in [4.78, 5) is 37.8. The first-order chi connectivity index (χ1) is 11.7. The molecule has 4 heteroatoms. The van der Waals surface area contributed by atoms with Gasteiger partial charge in [-0.15, -0.1) is 0 Å². The molecule has 136 valence electrons. The van der Waals surface area contributed by atoms with Gasteiger partial charge in [-0.3, -0.25) is 14.4 Å². The number of ether oxygens (including phenoxy) is 1. The van der Waals surface area contributed by atoms with Crippen LogP contribution in [0.5, 0.6) is 0 Å². The first kappa shape index (κ1) is 18.1. The lowest BCUT2D eigenvalue weighted by Crippen LogP contribution is -2.53. The molecule has 0 aromatic heterocycles. The van der Waals surface area contributed by atoms with Crippen LogP contribution in [-0.2, 0) is 19.1 Å². The van der Waals surface area contributed by atoms with Gasteiger partial charge in [-0.25, -0.2) is 0 Å². The summed E-state index contributed by atoms with van der Waals surface area (Å²) in [5.74, 6) is -0.724. The van der Waals surface area contributed by atoms with Crippen LogP contribution >= 0.6 is 0 Å². The zero-order chi connectivity index (χ0) is 18.6. The fourth-order valence-corrected chi connectivity index (χ4v) is 5.66. The lowest BCUT2D eigenvalue weighted by atomic mass is 9.48. The fourth-order valence-electron chi connectivity index (χ4n) is 5.66. The standard InChI is InChI=1S/C21H28O4/c1-12(2)14-11-15(22)18(23)17-13(14)7-8-16-20(17,3)9-6-10-21(16,4)19(24)25-5/h11-12,16H,6-10H2,1-5H3/t16-,20+,21+/m1/s1. The average Bonchev–Trinajstić information content (AvgIpc) is 2.56. The Bertz CT molecular complexity index is 711. The van der Waals surface area contributed by atoms with Crippen LogP contribution in [0.15, 0.2) is 22.8 Å². The number of carbonyl (C=O) groups excluding carboxylic acids is 3. The Kier molecular flexibility index (Phi) is 4.29. The highest BCUT2D eigenvalue weighted by molar-refractivity contribution is 6.49. The van der Waals surface area contributed by atoms with E-state index in [0.29, 0.717) is 5.57 Å². The monoisotopic (exact) mass is 344 g/mol. The minimum Gasteiger partial charge on any atom is -0.469 e. The van der Waals surface area contributed by atoms with Gasteiger partial charge in [-0.05, 0) is 61.7 Å². The van der Waals surface area contributed by atoms with Crippen molar-refractivity contribution >= 4 is 17.5 Å². The van der Waals surface area contributed by atoms with Gasteiger partial charge in [0.15, 0.2) is 0 Å². The molecule has 0 radical (unpaired) electrons. The number of fused-ring (bicyclic) bond motifs is 2. The second-order valence-corrected chi connectivity index (χ2v) is 8.57. The van der Waals surface area contributed by atoms with Crippen molar-refractivity contribution in [3.63, 3.8) is 0 Å². The van der Waals surface area contributed by atoms with Crippen molar-refractivity contribution < 1.29 is 19.1 Å². The minimum absolute atomic E-state index is 0.0308. The van der Waals surface area contributed by atoms with Crippen LogP contribution in [0, 0.1) is 22.7 Å². The quantitative estimate of drug-likeness (QED) is 0.434. The molecule has 1 fully saturated rings. The number of esters is 1. The number of Topliss-reactive ketones (excluding diaryl/α,β-unsaturated/α-hetero) is 1. The molecule has 0 amide bonds. The number of hydrogen-bond donors (Lipinski definition) is 0. The highest BCUT2D eigenvalue weighted by Crippen LogP contribution is 2.61. The predicted molar refractivity (Wildman–Crippen MR) is 94.8 cm³/mol. The third-order valence-electron chi connectivity index (χ3n) is 6.85. The van der Waals surface area contributed by atoms with Gasteiger partial charge in [0, 0.05) is 11.0 Å². The van der Waals surface area contributed by atoms with E-state index >= 15 is 0 Å². The summed E-state index contributed by atoms with van der Waals surface area (Å²) < 4.78 is 5.11. The van der Waals surface area contributed by atoms with Gasteiger partial charge in [-0.1, -0.05) is 27.2 Å². The van der Waals surface area contributed by atoms with Crippen molar-refractivity contribution in [2.24, 2.45) is 22.7 Å². The SMILES string of the molecule is COC(=O)[C@@]1(C)CCC[C@]2(C)C3=C(CC[C@@H]12)C(C(C)C)=CC(=O)C3=O.